The molecule has 0 bridgehead atoms. The Morgan fingerprint density at radius 3 is 2.59 bits per heavy atom. The van der Waals surface area contributed by atoms with Gasteiger partial charge >= 0.3 is 12.0 Å². The van der Waals surface area contributed by atoms with Crippen molar-refractivity contribution in [1.29, 1.82) is 0 Å². The first-order valence-corrected chi connectivity index (χ1v) is 10.4. The van der Waals surface area contributed by atoms with Gasteiger partial charge < -0.3 is 19.7 Å². The highest BCUT2D eigenvalue weighted by molar-refractivity contribution is 7.88. The number of methoxy groups -OCH3 is 2. The molecule has 27 heavy (non-hydrogen) atoms. The number of anilines is 1. The molecule has 0 aliphatic carbocycles. The second-order valence-corrected chi connectivity index (χ2v) is 8.32. The number of hydrogen-bond acceptors (Lipinski definition) is 6. The van der Waals surface area contributed by atoms with Crippen LogP contribution in [0, 0.1) is 0 Å². The highest BCUT2D eigenvalue weighted by Crippen LogP contribution is 2.31. The van der Waals surface area contributed by atoms with Gasteiger partial charge in [0.15, 0.2) is 0 Å². The van der Waals surface area contributed by atoms with Crippen molar-refractivity contribution < 1.29 is 27.5 Å². The van der Waals surface area contributed by atoms with E-state index in [0.717, 1.165) is 6.26 Å². The third-order valence-electron chi connectivity index (χ3n) is 4.03. The van der Waals surface area contributed by atoms with Gasteiger partial charge in [-0.2, -0.15) is 0 Å². The van der Waals surface area contributed by atoms with Gasteiger partial charge in [-0.25, -0.2) is 22.7 Å². The number of halogens is 1. The van der Waals surface area contributed by atoms with Crippen molar-refractivity contribution in [2.75, 3.05) is 38.9 Å². The Bertz CT molecular complexity index is 830. The minimum atomic E-state index is -3.35. The molecule has 2 amide bonds. The molecular weight excluding hydrogens is 398 g/mol. The number of amides is 2. The zero-order valence-electron chi connectivity index (χ0n) is 15.2. The second kappa shape index (κ2) is 8.77. The monoisotopic (exact) mass is 419 g/mol. The lowest BCUT2D eigenvalue weighted by Crippen LogP contribution is -2.50. The van der Waals surface area contributed by atoms with Gasteiger partial charge in [0, 0.05) is 25.2 Å². The maximum absolute atomic E-state index is 12.6. The summed E-state index contributed by atoms with van der Waals surface area (Å²) >= 11 is 6.17. The van der Waals surface area contributed by atoms with Crippen LogP contribution in [0.25, 0.3) is 0 Å². The fourth-order valence-corrected chi connectivity index (χ4v) is 3.85. The summed E-state index contributed by atoms with van der Waals surface area (Å²) in [6, 6.07) is 2.02. The summed E-state index contributed by atoms with van der Waals surface area (Å²) in [7, 11) is -0.732. The van der Waals surface area contributed by atoms with Crippen molar-refractivity contribution in [2.45, 2.75) is 18.9 Å². The van der Waals surface area contributed by atoms with Gasteiger partial charge in [-0.3, -0.25) is 0 Å². The predicted octanol–water partition coefficient (Wildman–Crippen LogP) is 1.68. The summed E-state index contributed by atoms with van der Waals surface area (Å²) < 4.78 is 35.1. The van der Waals surface area contributed by atoms with Gasteiger partial charge in [-0.05, 0) is 18.9 Å². The second-order valence-electron chi connectivity index (χ2n) is 6.13. The van der Waals surface area contributed by atoms with E-state index in [2.05, 4.69) is 14.8 Å². The smallest absolute Gasteiger partial charge is 0.341 e. The minimum absolute atomic E-state index is 0.137. The van der Waals surface area contributed by atoms with Crippen molar-refractivity contribution in [3.8, 4) is 5.75 Å². The maximum Gasteiger partial charge on any atom is 0.341 e. The largest absolute Gasteiger partial charge is 0.496 e. The highest BCUT2D eigenvalue weighted by Gasteiger charge is 2.26. The van der Waals surface area contributed by atoms with E-state index < -0.39 is 22.0 Å². The zero-order chi connectivity index (χ0) is 20.2. The van der Waals surface area contributed by atoms with E-state index in [4.69, 9.17) is 16.3 Å². The van der Waals surface area contributed by atoms with Crippen molar-refractivity contribution >= 4 is 39.3 Å². The number of rotatable bonds is 5. The van der Waals surface area contributed by atoms with Crippen LogP contribution in [0.1, 0.15) is 23.2 Å². The number of hydrogen-bond donors (Lipinski definition) is 2. The molecule has 2 N–H and O–H groups in total. The van der Waals surface area contributed by atoms with Crippen LogP contribution >= 0.6 is 11.6 Å². The van der Waals surface area contributed by atoms with Gasteiger partial charge in [-0.1, -0.05) is 11.6 Å². The third-order valence-corrected chi connectivity index (χ3v) is 5.10. The Hall–Kier alpha value is -2.04. The molecule has 1 aromatic rings. The first kappa shape index (κ1) is 21.3. The van der Waals surface area contributed by atoms with E-state index in [1.54, 1.807) is 0 Å². The predicted molar refractivity (Wildman–Crippen MR) is 101 cm³/mol. The molecular formula is C16H22ClN3O6S. The zero-order valence-corrected chi connectivity index (χ0v) is 16.8. The third kappa shape index (κ3) is 5.72. The van der Waals surface area contributed by atoms with E-state index in [9.17, 15) is 18.0 Å². The lowest BCUT2D eigenvalue weighted by atomic mass is 10.1. The van der Waals surface area contributed by atoms with E-state index in [-0.39, 0.29) is 34.6 Å². The van der Waals surface area contributed by atoms with Crippen LogP contribution in [-0.4, -0.2) is 64.9 Å². The van der Waals surface area contributed by atoms with Crippen LogP contribution < -0.4 is 14.8 Å². The number of likely N-dealkylation sites (tertiary alicyclic amines) is 1. The number of ether oxygens (including phenoxy) is 2. The molecule has 0 radical (unpaired) electrons. The molecule has 150 valence electrons. The summed E-state index contributed by atoms with van der Waals surface area (Å²) in [5, 5.41) is 2.81. The topological polar surface area (TPSA) is 114 Å². The number of carbonyl (C=O) groups excluding carboxylic acids is 2. The number of nitrogens with zero attached hydrogens (tertiary/aromatic N) is 1. The molecule has 9 nitrogen and oxygen atoms in total. The molecule has 1 unspecified atom stereocenters. The lowest BCUT2D eigenvalue weighted by Gasteiger charge is -2.32. The number of urea groups is 1. The average Bonchev–Trinajstić information content (AvgIpc) is 2.61. The summed E-state index contributed by atoms with van der Waals surface area (Å²) in [6.45, 7) is 0.733. The van der Waals surface area contributed by atoms with Crippen LogP contribution in [0.4, 0.5) is 10.5 Å². The Labute approximate surface area is 163 Å². The van der Waals surface area contributed by atoms with Gasteiger partial charge in [0.05, 0.1) is 31.2 Å². The Morgan fingerprint density at radius 1 is 1.30 bits per heavy atom. The van der Waals surface area contributed by atoms with E-state index in [1.165, 1.54) is 31.3 Å². The molecule has 1 aliphatic heterocycles. The molecule has 1 saturated heterocycles. The standard InChI is InChI=1S/C16H22ClN3O6S/c1-25-14-8-13(12(17)7-11(14)15(21)26-2)18-16(22)20-6-4-5-10(9-20)19-27(3,23)24/h7-8,10,19H,4-6,9H2,1-3H3,(H,18,22). The molecule has 1 heterocycles. The van der Waals surface area contributed by atoms with Gasteiger partial charge in [0.1, 0.15) is 11.3 Å². The number of nitrogens with one attached hydrogen (secondary N) is 2. The molecule has 1 fully saturated rings. The summed E-state index contributed by atoms with van der Waals surface area (Å²) in [5.74, 6) is -0.408. The first-order chi connectivity index (χ1) is 12.6. The van der Waals surface area contributed by atoms with Crippen molar-refractivity contribution in [1.82, 2.24) is 9.62 Å². The van der Waals surface area contributed by atoms with Crippen molar-refractivity contribution in [2.24, 2.45) is 0 Å². The molecule has 2 rings (SSSR count). The fraction of sp³-hybridized carbons (Fsp3) is 0.500. The van der Waals surface area contributed by atoms with E-state index >= 15 is 0 Å². The SMILES string of the molecule is COC(=O)c1cc(Cl)c(NC(=O)N2CCCC(NS(C)(=O)=O)C2)cc1OC. The fourth-order valence-electron chi connectivity index (χ4n) is 2.84. The molecule has 0 aromatic heterocycles. The molecule has 1 aromatic carbocycles. The van der Waals surface area contributed by atoms with Gasteiger partial charge in [-0.15, -0.1) is 0 Å². The van der Waals surface area contributed by atoms with Crippen LogP contribution in [0.2, 0.25) is 5.02 Å². The minimum Gasteiger partial charge on any atom is -0.496 e. The summed E-state index contributed by atoms with van der Waals surface area (Å²) in [4.78, 5) is 25.8. The summed E-state index contributed by atoms with van der Waals surface area (Å²) in [6.07, 6.45) is 2.40. The van der Waals surface area contributed by atoms with Crippen LogP contribution in [0.15, 0.2) is 12.1 Å². The number of piperidine rings is 1. The first-order valence-electron chi connectivity index (χ1n) is 8.13. The Kier molecular flexibility index (Phi) is 6.90. The van der Waals surface area contributed by atoms with Crippen molar-refractivity contribution in [3.63, 3.8) is 0 Å². The number of sulfonamides is 1. The quantitative estimate of drug-likeness (QED) is 0.702. The van der Waals surface area contributed by atoms with E-state index in [0.29, 0.717) is 19.4 Å². The van der Waals surface area contributed by atoms with E-state index in [1.807, 2.05) is 0 Å². The average molecular weight is 420 g/mol. The maximum atomic E-state index is 12.6. The van der Waals surface area contributed by atoms with Gasteiger partial charge in [0.2, 0.25) is 10.0 Å². The Morgan fingerprint density at radius 2 is 2.00 bits per heavy atom. The number of carbonyl (C=O) groups is 2. The molecule has 1 atom stereocenters. The molecule has 0 spiro atoms. The van der Waals surface area contributed by atoms with Crippen LogP contribution in [-0.2, 0) is 14.8 Å². The normalized spacial score (nSPS) is 17.3. The van der Waals surface area contributed by atoms with Gasteiger partial charge in [0.25, 0.3) is 0 Å². The Balaban J connectivity index is 2.14. The van der Waals surface area contributed by atoms with Crippen LogP contribution in [0.3, 0.4) is 0 Å². The lowest BCUT2D eigenvalue weighted by molar-refractivity contribution is 0.0597. The van der Waals surface area contributed by atoms with Crippen LogP contribution in [0.5, 0.6) is 5.75 Å². The summed E-state index contributed by atoms with van der Waals surface area (Å²) in [5.41, 5.74) is 0.405. The number of esters is 1. The molecule has 11 heteroatoms. The molecule has 0 saturated carbocycles. The molecule has 1 aliphatic rings. The highest BCUT2D eigenvalue weighted by atomic mass is 35.5. The number of benzene rings is 1. The van der Waals surface area contributed by atoms with Crippen molar-refractivity contribution in [3.05, 3.63) is 22.7 Å².